The molecule has 1 saturated carbocycles. The number of amides is 1. The van der Waals surface area contributed by atoms with E-state index in [2.05, 4.69) is 20.9 Å². The van der Waals surface area contributed by atoms with Crippen molar-refractivity contribution in [2.75, 3.05) is 19.6 Å². The van der Waals surface area contributed by atoms with E-state index in [0.29, 0.717) is 17.6 Å². The average molecular weight is 439 g/mol. The van der Waals surface area contributed by atoms with Crippen LogP contribution in [0, 0.1) is 33.8 Å². The topological polar surface area (TPSA) is 96.6 Å². The molecule has 2 fully saturated rings. The van der Waals surface area contributed by atoms with Crippen LogP contribution in [-0.4, -0.2) is 45.6 Å². The normalized spacial score (nSPS) is 26.0. The Balaban J connectivity index is 0.00000225. The Morgan fingerprint density at radius 3 is 2.56 bits per heavy atom. The first-order valence-corrected chi connectivity index (χ1v) is 8.57. The standard InChI is InChI=1S/C15H17BrFN3O4.ClH/c16-11-3-4-18-14(17)13(11)10(7-20(23)24)12-8-1-2-9(12)6-19(5-8)15(21)22;/h3-4,8-10,12H,1-2,5-7H2,(H,21,22);1H. The van der Waals surface area contributed by atoms with Crippen LogP contribution < -0.4 is 0 Å². The fourth-order valence-electron chi connectivity index (χ4n) is 4.40. The maximum Gasteiger partial charge on any atom is 0.407 e. The highest BCUT2D eigenvalue weighted by Gasteiger charge is 2.49. The average Bonchev–Trinajstić information content (AvgIpc) is 2.74. The highest BCUT2D eigenvalue weighted by Crippen LogP contribution is 2.50. The SMILES string of the molecule is Cl.O=C(O)N1CC2CCC(C1)C2C(C[N+](=O)[O-])c1c(Br)ccnc1F. The van der Waals surface area contributed by atoms with Gasteiger partial charge in [0.2, 0.25) is 12.5 Å². The van der Waals surface area contributed by atoms with E-state index in [1.54, 1.807) is 6.07 Å². The monoisotopic (exact) mass is 437 g/mol. The molecule has 1 aliphatic heterocycles. The summed E-state index contributed by atoms with van der Waals surface area (Å²) in [4.78, 5) is 27.0. The quantitative estimate of drug-likeness (QED) is 0.441. The van der Waals surface area contributed by atoms with Crippen LogP contribution in [0.3, 0.4) is 0 Å². The Morgan fingerprint density at radius 1 is 1.48 bits per heavy atom. The molecule has 3 atom stereocenters. The largest absolute Gasteiger partial charge is 0.465 e. The van der Waals surface area contributed by atoms with Gasteiger partial charge in [-0.2, -0.15) is 4.39 Å². The highest BCUT2D eigenvalue weighted by molar-refractivity contribution is 9.10. The summed E-state index contributed by atoms with van der Waals surface area (Å²) in [7, 11) is 0. The van der Waals surface area contributed by atoms with E-state index < -0.39 is 22.9 Å². The lowest BCUT2D eigenvalue weighted by atomic mass is 9.73. The van der Waals surface area contributed by atoms with Gasteiger partial charge in [0, 0.05) is 34.2 Å². The molecule has 1 amide bonds. The first-order chi connectivity index (χ1) is 11.4. The number of carbonyl (C=O) groups is 1. The number of likely N-dealkylation sites (tertiary alicyclic amines) is 1. The number of carboxylic acid groups (broad SMARTS) is 1. The van der Waals surface area contributed by atoms with Crippen molar-refractivity contribution in [3.63, 3.8) is 0 Å². The van der Waals surface area contributed by atoms with Crippen LogP contribution in [0.5, 0.6) is 0 Å². The zero-order valence-corrected chi connectivity index (χ0v) is 15.6. The molecule has 2 bridgehead atoms. The molecule has 25 heavy (non-hydrogen) atoms. The second kappa shape index (κ2) is 7.82. The summed E-state index contributed by atoms with van der Waals surface area (Å²) in [6.07, 6.45) is 1.97. The molecule has 3 unspecified atom stereocenters. The van der Waals surface area contributed by atoms with E-state index in [0.717, 1.165) is 12.8 Å². The van der Waals surface area contributed by atoms with Gasteiger partial charge in [-0.15, -0.1) is 12.4 Å². The number of hydrogen-bond acceptors (Lipinski definition) is 4. The van der Waals surface area contributed by atoms with Crippen molar-refractivity contribution in [3.8, 4) is 0 Å². The zero-order valence-electron chi connectivity index (χ0n) is 13.2. The first kappa shape index (κ1) is 19.8. The summed E-state index contributed by atoms with van der Waals surface area (Å²) in [6.45, 7) is 0.320. The van der Waals surface area contributed by atoms with E-state index in [9.17, 15) is 24.4 Å². The molecule has 10 heteroatoms. The predicted octanol–water partition coefficient (Wildman–Crippen LogP) is 3.40. The lowest BCUT2D eigenvalue weighted by Gasteiger charge is -2.39. The molecule has 1 saturated heterocycles. The zero-order chi connectivity index (χ0) is 17.4. The molecule has 7 nitrogen and oxygen atoms in total. The van der Waals surface area contributed by atoms with Crippen LogP contribution in [0.15, 0.2) is 16.7 Å². The van der Waals surface area contributed by atoms with Gasteiger partial charge in [0.15, 0.2) is 0 Å². The third kappa shape index (κ3) is 3.87. The second-order valence-corrected chi connectivity index (χ2v) is 7.34. The van der Waals surface area contributed by atoms with Crippen molar-refractivity contribution in [2.45, 2.75) is 18.8 Å². The van der Waals surface area contributed by atoms with Crippen LogP contribution in [-0.2, 0) is 0 Å². The number of aromatic nitrogens is 1. The Labute approximate surface area is 158 Å². The van der Waals surface area contributed by atoms with Crippen LogP contribution in [0.1, 0.15) is 24.3 Å². The fourth-order valence-corrected chi connectivity index (χ4v) is 4.98. The molecular formula is C15H18BrClFN3O4. The first-order valence-electron chi connectivity index (χ1n) is 7.78. The number of fused-ring (bicyclic) bond motifs is 2. The molecule has 1 aliphatic carbocycles. The molecule has 0 spiro atoms. The lowest BCUT2D eigenvalue weighted by molar-refractivity contribution is -0.485. The van der Waals surface area contributed by atoms with Gasteiger partial charge in [-0.3, -0.25) is 10.1 Å². The molecule has 1 aromatic heterocycles. The summed E-state index contributed by atoms with van der Waals surface area (Å²) < 4.78 is 14.8. The van der Waals surface area contributed by atoms with E-state index in [4.69, 9.17) is 0 Å². The molecule has 1 aromatic rings. The minimum Gasteiger partial charge on any atom is -0.465 e. The number of hydrogen-bond donors (Lipinski definition) is 1. The van der Waals surface area contributed by atoms with Crippen molar-refractivity contribution in [1.29, 1.82) is 0 Å². The molecular weight excluding hydrogens is 421 g/mol. The number of halogens is 3. The van der Waals surface area contributed by atoms with Crippen LogP contribution >= 0.6 is 28.3 Å². The van der Waals surface area contributed by atoms with Gasteiger partial charge in [0.05, 0.1) is 5.92 Å². The summed E-state index contributed by atoms with van der Waals surface area (Å²) >= 11 is 3.29. The number of pyridine rings is 1. The second-order valence-electron chi connectivity index (χ2n) is 6.48. The van der Waals surface area contributed by atoms with Gasteiger partial charge in [0.25, 0.3) is 0 Å². The van der Waals surface area contributed by atoms with Gasteiger partial charge in [-0.25, -0.2) is 9.78 Å². The van der Waals surface area contributed by atoms with E-state index in [1.807, 2.05) is 0 Å². The lowest BCUT2D eigenvalue weighted by Crippen LogP contribution is -2.47. The van der Waals surface area contributed by atoms with E-state index in [1.165, 1.54) is 11.1 Å². The minimum absolute atomic E-state index is 0. The van der Waals surface area contributed by atoms with Crippen LogP contribution in [0.4, 0.5) is 9.18 Å². The number of nitro groups is 1. The minimum atomic E-state index is -0.968. The van der Waals surface area contributed by atoms with E-state index in [-0.39, 0.29) is 42.3 Å². The molecule has 138 valence electrons. The predicted molar refractivity (Wildman–Crippen MR) is 93.0 cm³/mol. The fraction of sp³-hybridized carbons (Fsp3) is 0.600. The third-order valence-corrected chi connectivity index (χ3v) is 5.94. The molecule has 0 aromatic carbocycles. The van der Waals surface area contributed by atoms with E-state index >= 15 is 0 Å². The van der Waals surface area contributed by atoms with Gasteiger partial charge < -0.3 is 10.0 Å². The van der Waals surface area contributed by atoms with Crippen molar-refractivity contribution in [3.05, 3.63) is 38.4 Å². The highest BCUT2D eigenvalue weighted by atomic mass is 79.9. The van der Waals surface area contributed by atoms with Gasteiger partial charge in [-0.1, -0.05) is 15.9 Å². The van der Waals surface area contributed by atoms with Crippen molar-refractivity contribution >= 4 is 34.4 Å². The Morgan fingerprint density at radius 2 is 2.08 bits per heavy atom. The smallest absolute Gasteiger partial charge is 0.407 e. The summed E-state index contributed by atoms with van der Waals surface area (Å²) in [5, 5.41) is 20.4. The van der Waals surface area contributed by atoms with Gasteiger partial charge >= 0.3 is 6.09 Å². The van der Waals surface area contributed by atoms with Crippen LogP contribution in [0.2, 0.25) is 0 Å². The molecule has 2 heterocycles. The molecule has 3 rings (SSSR count). The Kier molecular flexibility index (Phi) is 6.21. The van der Waals surface area contributed by atoms with Crippen molar-refractivity contribution < 1.29 is 19.2 Å². The Bertz CT molecular complexity index is 646. The Hall–Kier alpha value is -1.48. The number of nitrogens with zero attached hydrogens (tertiary/aromatic N) is 3. The molecule has 2 aliphatic rings. The maximum absolute atomic E-state index is 14.3. The summed E-state index contributed by atoms with van der Waals surface area (Å²) in [5.41, 5.74) is 0.236. The van der Waals surface area contributed by atoms with Gasteiger partial charge in [-0.05, 0) is 36.7 Å². The third-order valence-electron chi connectivity index (χ3n) is 5.25. The summed E-state index contributed by atoms with van der Waals surface area (Å²) in [6, 6.07) is 1.58. The molecule has 1 N–H and O–H groups in total. The molecule has 0 radical (unpaired) electrons. The number of piperidine rings is 1. The van der Waals surface area contributed by atoms with Crippen LogP contribution in [0.25, 0.3) is 0 Å². The summed E-state index contributed by atoms with van der Waals surface area (Å²) in [5.74, 6) is -1.40. The van der Waals surface area contributed by atoms with Gasteiger partial charge in [0.1, 0.15) is 0 Å². The van der Waals surface area contributed by atoms with Crippen molar-refractivity contribution in [2.24, 2.45) is 17.8 Å². The van der Waals surface area contributed by atoms with Crippen molar-refractivity contribution in [1.82, 2.24) is 9.88 Å². The number of rotatable bonds is 4. The maximum atomic E-state index is 14.3.